The first-order valence-corrected chi connectivity index (χ1v) is 12.1. The summed E-state index contributed by atoms with van der Waals surface area (Å²) in [5.74, 6) is 2.80. The lowest BCUT2D eigenvalue weighted by atomic mass is 9.98. The van der Waals surface area contributed by atoms with Gasteiger partial charge < -0.3 is 24.4 Å². The van der Waals surface area contributed by atoms with Crippen LogP contribution in [-0.4, -0.2) is 65.9 Å². The highest BCUT2D eigenvalue weighted by molar-refractivity contribution is 7.13. The van der Waals surface area contributed by atoms with E-state index < -0.39 is 0 Å². The van der Waals surface area contributed by atoms with Gasteiger partial charge in [-0.25, -0.2) is 15.0 Å². The largest absolute Gasteiger partial charge is 0.493 e. The molecule has 0 aliphatic carbocycles. The molecule has 8 nitrogen and oxygen atoms in total. The fourth-order valence-corrected chi connectivity index (χ4v) is 4.73. The minimum absolute atomic E-state index is 0.101. The molecule has 3 aromatic rings. The van der Waals surface area contributed by atoms with Crippen LogP contribution >= 0.6 is 11.3 Å². The third-order valence-corrected chi connectivity index (χ3v) is 6.81. The fourth-order valence-electron chi connectivity index (χ4n) is 4.20. The molecule has 2 aromatic heterocycles. The summed E-state index contributed by atoms with van der Waals surface area (Å²) >= 11 is 1.53. The van der Waals surface area contributed by atoms with Gasteiger partial charge in [0, 0.05) is 36.6 Å². The van der Waals surface area contributed by atoms with Crippen molar-refractivity contribution in [3.05, 3.63) is 30.0 Å². The lowest BCUT2D eigenvalue weighted by Crippen LogP contribution is -2.32. The highest BCUT2D eigenvalue weighted by atomic mass is 32.1. The molecule has 2 saturated heterocycles. The molecule has 0 atom stereocenters. The quantitative estimate of drug-likeness (QED) is 0.570. The van der Waals surface area contributed by atoms with E-state index >= 15 is 0 Å². The molecule has 1 aromatic carbocycles. The van der Waals surface area contributed by atoms with Crippen LogP contribution in [0.2, 0.25) is 0 Å². The van der Waals surface area contributed by atoms with Gasteiger partial charge >= 0.3 is 0 Å². The van der Waals surface area contributed by atoms with Gasteiger partial charge in [-0.15, -0.1) is 11.3 Å². The van der Waals surface area contributed by atoms with Gasteiger partial charge in [-0.3, -0.25) is 0 Å². The Morgan fingerprint density at radius 2 is 1.97 bits per heavy atom. The van der Waals surface area contributed by atoms with Crippen LogP contribution < -0.4 is 14.8 Å². The Bertz CT molecular complexity index is 1020. The van der Waals surface area contributed by atoms with Crippen LogP contribution in [0.15, 0.2) is 30.0 Å². The second-order valence-electron chi connectivity index (χ2n) is 8.49. The zero-order chi connectivity index (χ0) is 21.8. The number of thiazole rings is 1. The number of nitrogens with zero attached hydrogens (tertiary/aromatic N) is 4. The van der Waals surface area contributed by atoms with Crippen molar-refractivity contribution in [2.75, 3.05) is 45.3 Å². The number of likely N-dealkylation sites (tertiary alicyclic amines) is 1. The summed E-state index contributed by atoms with van der Waals surface area (Å²) in [6.07, 6.45) is 7.50. The van der Waals surface area contributed by atoms with Gasteiger partial charge in [0.1, 0.15) is 29.7 Å². The molecule has 0 bridgehead atoms. The number of ether oxygens (including phenoxy) is 3. The van der Waals surface area contributed by atoms with E-state index in [1.165, 1.54) is 24.2 Å². The molecule has 0 unspecified atom stereocenters. The van der Waals surface area contributed by atoms with Crippen LogP contribution in [0.5, 0.6) is 11.5 Å². The van der Waals surface area contributed by atoms with E-state index in [2.05, 4.69) is 32.2 Å². The first kappa shape index (κ1) is 21.4. The molecule has 2 fully saturated rings. The molecule has 5 rings (SSSR count). The second kappa shape index (κ2) is 9.97. The summed E-state index contributed by atoms with van der Waals surface area (Å²) in [6.45, 7) is 4.41. The molecule has 9 heteroatoms. The van der Waals surface area contributed by atoms with Gasteiger partial charge in [0.15, 0.2) is 5.13 Å². The number of nitrogens with one attached hydrogen (secondary N) is 1. The standard InChI is InChI=1S/C23H29N5O3S/c1-28-7-2-16(3-8-28)14-30-18-12-19-21(20(13-18)31-17-4-9-29-10-5-17)22(26-15-25-19)27-23-24-6-11-32-23/h6,11-13,15-17H,2-5,7-10,14H2,1H3,(H,24,25,26,27). The van der Waals surface area contributed by atoms with Gasteiger partial charge in [-0.2, -0.15) is 0 Å². The van der Waals surface area contributed by atoms with Crippen LogP contribution in [0.3, 0.4) is 0 Å². The van der Waals surface area contributed by atoms with Gasteiger partial charge in [-0.05, 0) is 38.9 Å². The van der Waals surface area contributed by atoms with Gasteiger partial charge in [0.05, 0.1) is 30.7 Å². The number of aromatic nitrogens is 3. The van der Waals surface area contributed by atoms with Gasteiger partial charge in [-0.1, -0.05) is 0 Å². The first-order chi connectivity index (χ1) is 15.7. The summed E-state index contributed by atoms with van der Waals surface area (Å²) in [6, 6.07) is 3.97. The SMILES string of the molecule is CN1CCC(COc2cc(OC3CCOCC3)c3c(Nc4nccs4)ncnc3c2)CC1. The normalized spacial score (nSPS) is 18.7. The molecule has 1 N–H and O–H groups in total. The molecule has 0 radical (unpaired) electrons. The van der Waals surface area contributed by atoms with E-state index in [0.29, 0.717) is 18.3 Å². The number of benzene rings is 1. The Kier molecular flexibility index (Phi) is 6.66. The Morgan fingerprint density at radius 3 is 2.75 bits per heavy atom. The van der Waals surface area contributed by atoms with Crippen molar-refractivity contribution in [1.82, 2.24) is 19.9 Å². The fraction of sp³-hybridized carbons (Fsp3) is 0.522. The number of rotatable bonds is 7. The van der Waals surface area contributed by atoms with E-state index in [4.69, 9.17) is 14.2 Å². The van der Waals surface area contributed by atoms with Crippen LogP contribution in [0.1, 0.15) is 25.7 Å². The molecule has 2 aliphatic rings. The van der Waals surface area contributed by atoms with Gasteiger partial charge in [0.2, 0.25) is 0 Å². The first-order valence-electron chi connectivity index (χ1n) is 11.3. The van der Waals surface area contributed by atoms with Crippen molar-refractivity contribution >= 4 is 33.2 Å². The van der Waals surface area contributed by atoms with E-state index in [1.807, 2.05) is 17.5 Å². The molecule has 2 aliphatic heterocycles. The monoisotopic (exact) mass is 455 g/mol. The van der Waals surface area contributed by atoms with Crippen LogP contribution in [0.4, 0.5) is 10.9 Å². The predicted octanol–water partition coefficient (Wildman–Crippen LogP) is 4.11. The smallest absolute Gasteiger partial charge is 0.188 e. The molecular weight excluding hydrogens is 426 g/mol. The van der Waals surface area contributed by atoms with Crippen molar-refractivity contribution in [3.8, 4) is 11.5 Å². The highest BCUT2D eigenvalue weighted by Crippen LogP contribution is 2.37. The Labute approximate surface area is 191 Å². The van der Waals surface area contributed by atoms with Crippen molar-refractivity contribution in [2.24, 2.45) is 5.92 Å². The summed E-state index contributed by atoms with van der Waals surface area (Å²) in [7, 11) is 2.18. The zero-order valence-electron chi connectivity index (χ0n) is 18.3. The lowest BCUT2D eigenvalue weighted by Gasteiger charge is -2.29. The van der Waals surface area contributed by atoms with Crippen molar-refractivity contribution in [3.63, 3.8) is 0 Å². The van der Waals surface area contributed by atoms with Crippen LogP contribution in [0.25, 0.3) is 10.9 Å². The Hall–Kier alpha value is -2.49. The third-order valence-electron chi connectivity index (χ3n) is 6.12. The van der Waals surface area contributed by atoms with E-state index in [-0.39, 0.29) is 6.10 Å². The summed E-state index contributed by atoms with van der Waals surface area (Å²) in [5, 5.41) is 6.88. The van der Waals surface area contributed by atoms with Crippen LogP contribution in [-0.2, 0) is 4.74 Å². The molecule has 170 valence electrons. The lowest BCUT2D eigenvalue weighted by molar-refractivity contribution is 0.0261. The summed E-state index contributed by atoms with van der Waals surface area (Å²) in [4.78, 5) is 15.7. The van der Waals surface area contributed by atoms with Crippen LogP contribution in [0, 0.1) is 5.92 Å². The summed E-state index contributed by atoms with van der Waals surface area (Å²) in [5.41, 5.74) is 0.794. The average molecular weight is 456 g/mol. The maximum absolute atomic E-state index is 6.47. The number of hydrogen-bond donors (Lipinski definition) is 1. The third kappa shape index (κ3) is 5.11. The number of fused-ring (bicyclic) bond motifs is 1. The minimum Gasteiger partial charge on any atom is -0.493 e. The molecule has 0 saturated carbocycles. The Balaban J connectivity index is 1.43. The predicted molar refractivity (Wildman–Crippen MR) is 125 cm³/mol. The number of piperidine rings is 1. The van der Waals surface area contributed by atoms with Crippen molar-refractivity contribution < 1.29 is 14.2 Å². The average Bonchev–Trinajstić information content (AvgIpc) is 3.32. The number of anilines is 2. The van der Waals surface area contributed by atoms with E-state index in [1.54, 1.807) is 12.5 Å². The highest BCUT2D eigenvalue weighted by Gasteiger charge is 2.21. The molecule has 32 heavy (non-hydrogen) atoms. The minimum atomic E-state index is 0.101. The molecular formula is C23H29N5O3S. The Morgan fingerprint density at radius 1 is 1.12 bits per heavy atom. The maximum Gasteiger partial charge on any atom is 0.188 e. The molecule has 0 spiro atoms. The second-order valence-corrected chi connectivity index (χ2v) is 9.38. The molecule has 4 heterocycles. The zero-order valence-corrected chi connectivity index (χ0v) is 19.1. The topological polar surface area (TPSA) is 81.6 Å². The maximum atomic E-state index is 6.47. The number of hydrogen-bond acceptors (Lipinski definition) is 9. The van der Waals surface area contributed by atoms with Gasteiger partial charge in [0.25, 0.3) is 0 Å². The van der Waals surface area contributed by atoms with E-state index in [9.17, 15) is 0 Å². The van der Waals surface area contributed by atoms with E-state index in [0.717, 1.165) is 66.7 Å². The van der Waals surface area contributed by atoms with Crippen molar-refractivity contribution in [1.29, 1.82) is 0 Å². The summed E-state index contributed by atoms with van der Waals surface area (Å²) < 4.78 is 18.2. The van der Waals surface area contributed by atoms with Crippen molar-refractivity contribution in [2.45, 2.75) is 31.8 Å². The molecule has 0 amide bonds.